The minimum absolute atomic E-state index is 0.0358. The highest BCUT2D eigenvalue weighted by atomic mass is 35.5. The van der Waals surface area contributed by atoms with Crippen LogP contribution in [0.4, 0.5) is 0 Å². The maximum absolute atomic E-state index is 11.8. The van der Waals surface area contributed by atoms with Crippen molar-refractivity contribution in [2.24, 2.45) is 5.73 Å². The van der Waals surface area contributed by atoms with Crippen molar-refractivity contribution >= 4 is 21.7 Å². The molecule has 0 heterocycles. The molecule has 90 valence electrons. The molecule has 4 nitrogen and oxygen atoms in total. The number of hydrogen-bond acceptors (Lipinski definition) is 4. The lowest BCUT2D eigenvalue weighted by Gasteiger charge is -2.09. The Hall–Kier alpha value is -0.620. The smallest absolute Gasteiger partial charge is 0.298 e. The first-order valence-corrected chi connectivity index (χ1v) is 6.62. The average molecular weight is 264 g/mol. The molecule has 6 heteroatoms. The van der Waals surface area contributed by atoms with Gasteiger partial charge in [0, 0.05) is 0 Å². The highest BCUT2D eigenvalue weighted by Crippen LogP contribution is 2.26. The van der Waals surface area contributed by atoms with Crippen LogP contribution in [0, 0.1) is 6.92 Å². The van der Waals surface area contributed by atoms with Crippen LogP contribution in [0.5, 0.6) is 0 Å². The summed E-state index contributed by atoms with van der Waals surface area (Å²) >= 11 is 5.84. The summed E-state index contributed by atoms with van der Waals surface area (Å²) in [6, 6.07) is 4.88. The van der Waals surface area contributed by atoms with Crippen molar-refractivity contribution in [3.63, 3.8) is 0 Å². The first-order chi connectivity index (χ1) is 7.49. The zero-order chi connectivity index (χ0) is 12.2. The SMILES string of the molecule is Cc1cccc(Cl)c1S(=O)(=O)OCCCN. The molecule has 16 heavy (non-hydrogen) atoms. The predicted molar refractivity (Wildman–Crippen MR) is 63.0 cm³/mol. The minimum atomic E-state index is -3.78. The Morgan fingerprint density at radius 1 is 1.44 bits per heavy atom. The van der Waals surface area contributed by atoms with Crippen LogP contribution in [-0.4, -0.2) is 21.6 Å². The van der Waals surface area contributed by atoms with Gasteiger partial charge in [0.2, 0.25) is 0 Å². The Labute approximate surface area is 100 Å². The standard InChI is InChI=1S/C10H14ClNO3S/c1-8-4-2-5-9(11)10(8)16(13,14)15-7-3-6-12/h2,4-5H,3,6-7,12H2,1H3. The highest BCUT2D eigenvalue weighted by Gasteiger charge is 2.20. The first kappa shape index (κ1) is 13.4. The molecule has 0 aliphatic rings. The zero-order valence-corrected chi connectivity index (χ0v) is 10.5. The van der Waals surface area contributed by atoms with Crippen molar-refractivity contribution in [2.75, 3.05) is 13.2 Å². The van der Waals surface area contributed by atoms with Gasteiger partial charge in [0.15, 0.2) is 0 Å². The summed E-state index contributed by atoms with van der Waals surface area (Å²) in [5.41, 5.74) is 5.83. The van der Waals surface area contributed by atoms with E-state index in [-0.39, 0.29) is 16.5 Å². The molecule has 1 aromatic carbocycles. The first-order valence-electron chi connectivity index (χ1n) is 4.83. The van der Waals surface area contributed by atoms with E-state index in [2.05, 4.69) is 0 Å². The third kappa shape index (κ3) is 3.18. The maximum atomic E-state index is 11.8. The highest BCUT2D eigenvalue weighted by molar-refractivity contribution is 7.87. The summed E-state index contributed by atoms with van der Waals surface area (Å²) in [5, 5.41) is 0.174. The second-order valence-corrected chi connectivity index (χ2v) is 5.26. The average Bonchev–Trinajstić information content (AvgIpc) is 2.17. The molecule has 2 N–H and O–H groups in total. The number of rotatable bonds is 5. The van der Waals surface area contributed by atoms with E-state index in [0.29, 0.717) is 18.5 Å². The molecule has 0 aromatic heterocycles. The molecule has 0 saturated heterocycles. The molecule has 0 atom stereocenters. The van der Waals surface area contributed by atoms with Gasteiger partial charge < -0.3 is 5.73 Å². The Bertz CT molecular complexity index is 439. The second kappa shape index (κ2) is 5.63. The van der Waals surface area contributed by atoms with E-state index >= 15 is 0 Å². The van der Waals surface area contributed by atoms with Gasteiger partial charge in [-0.15, -0.1) is 0 Å². The summed E-state index contributed by atoms with van der Waals surface area (Å²) in [5.74, 6) is 0. The Morgan fingerprint density at radius 2 is 2.12 bits per heavy atom. The fourth-order valence-corrected chi connectivity index (χ4v) is 2.97. The maximum Gasteiger partial charge on any atom is 0.298 e. The topological polar surface area (TPSA) is 69.4 Å². The van der Waals surface area contributed by atoms with E-state index in [1.54, 1.807) is 19.1 Å². The van der Waals surface area contributed by atoms with E-state index in [1.165, 1.54) is 6.07 Å². The fraction of sp³-hybridized carbons (Fsp3) is 0.400. The van der Waals surface area contributed by atoms with Crippen molar-refractivity contribution < 1.29 is 12.6 Å². The normalized spacial score (nSPS) is 11.7. The van der Waals surface area contributed by atoms with E-state index in [9.17, 15) is 8.42 Å². The van der Waals surface area contributed by atoms with Crippen molar-refractivity contribution in [1.29, 1.82) is 0 Å². The molecule has 0 fully saturated rings. The van der Waals surface area contributed by atoms with Crippen LogP contribution in [0.2, 0.25) is 5.02 Å². The lowest BCUT2D eigenvalue weighted by atomic mass is 10.2. The number of hydrogen-bond donors (Lipinski definition) is 1. The van der Waals surface area contributed by atoms with Gasteiger partial charge in [-0.3, -0.25) is 4.18 Å². The molecule has 0 bridgehead atoms. The molecule has 0 aliphatic heterocycles. The summed E-state index contributed by atoms with van der Waals surface area (Å²) in [6.07, 6.45) is 0.489. The minimum Gasteiger partial charge on any atom is -0.330 e. The van der Waals surface area contributed by atoms with Crippen molar-refractivity contribution in [2.45, 2.75) is 18.2 Å². The number of nitrogens with two attached hydrogens (primary N) is 1. The third-order valence-corrected chi connectivity index (χ3v) is 3.95. The molecule has 1 rings (SSSR count). The van der Waals surface area contributed by atoms with Crippen molar-refractivity contribution in [3.8, 4) is 0 Å². The monoisotopic (exact) mass is 263 g/mol. The van der Waals surface area contributed by atoms with E-state index in [1.807, 2.05) is 0 Å². The van der Waals surface area contributed by atoms with E-state index in [4.69, 9.17) is 21.5 Å². The molecule has 0 spiro atoms. The molecule has 0 aliphatic carbocycles. The molecule has 0 saturated carbocycles. The Kier molecular flexibility index (Phi) is 4.73. The third-order valence-electron chi connectivity index (χ3n) is 2.00. The fourth-order valence-electron chi connectivity index (χ4n) is 1.24. The van der Waals surface area contributed by atoms with Crippen LogP contribution < -0.4 is 5.73 Å². The van der Waals surface area contributed by atoms with Gasteiger partial charge in [0.05, 0.1) is 11.6 Å². The number of halogens is 1. The van der Waals surface area contributed by atoms with Crippen LogP contribution in [0.15, 0.2) is 23.1 Å². The molecular weight excluding hydrogens is 250 g/mol. The Morgan fingerprint density at radius 3 is 2.69 bits per heavy atom. The quantitative estimate of drug-likeness (QED) is 0.649. The molecule has 0 radical (unpaired) electrons. The van der Waals surface area contributed by atoms with Gasteiger partial charge in [-0.05, 0) is 31.5 Å². The molecule has 1 aromatic rings. The van der Waals surface area contributed by atoms with Crippen LogP contribution in [0.25, 0.3) is 0 Å². The van der Waals surface area contributed by atoms with Crippen LogP contribution in [0.1, 0.15) is 12.0 Å². The zero-order valence-electron chi connectivity index (χ0n) is 8.94. The summed E-state index contributed by atoms with van der Waals surface area (Å²) < 4.78 is 28.4. The Balaban J connectivity index is 2.98. The number of benzene rings is 1. The summed E-state index contributed by atoms with van der Waals surface area (Å²) in [4.78, 5) is 0.0358. The summed E-state index contributed by atoms with van der Waals surface area (Å²) in [7, 11) is -3.78. The van der Waals surface area contributed by atoms with Gasteiger partial charge in [0.25, 0.3) is 10.1 Å². The van der Waals surface area contributed by atoms with Crippen LogP contribution in [0.3, 0.4) is 0 Å². The van der Waals surface area contributed by atoms with E-state index < -0.39 is 10.1 Å². The van der Waals surface area contributed by atoms with Gasteiger partial charge in [0.1, 0.15) is 4.90 Å². The van der Waals surface area contributed by atoms with Gasteiger partial charge in [-0.1, -0.05) is 23.7 Å². The largest absolute Gasteiger partial charge is 0.330 e. The lowest BCUT2D eigenvalue weighted by Crippen LogP contribution is -2.12. The number of aryl methyl sites for hydroxylation is 1. The van der Waals surface area contributed by atoms with Gasteiger partial charge >= 0.3 is 0 Å². The van der Waals surface area contributed by atoms with E-state index in [0.717, 1.165) is 0 Å². The summed E-state index contributed by atoms with van der Waals surface area (Å²) in [6.45, 7) is 2.13. The van der Waals surface area contributed by atoms with Crippen LogP contribution >= 0.6 is 11.6 Å². The second-order valence-electron chi connectivity index (χ2n) is 3.30. The predicted octanol–water partition coefficient (Wildman–Crippen LogP) is 1.70. The molecule has 0 unspecified atom stereocenters. The molecule has 0 amide bonds. The van der Waals surface area contributed by atoms with Gasteiger partial charge in [-0.2, -0.15) is 8.42 Å². The van der Waals surface area contributed by atoms with Crippen LogP contribution in [-0.2, 0) is 14.3 Å². The van der Waals surface area contributed by atoms with Crippen molar-refractivity contribution in [1.82, 2.24) is 0 Å². The molecular formula is C10H14ClNO3S. The van der Waals surface area contributed by atoms with Gasteiger partial charge in [-0.25, -0.2) is 0 Å². The van der Waals surface area contributed by atoms with Crippen molar-refractivity contribution in [3.05, 3.63) is 28.8 Å². The lowest BCUT2D eigenvalue weighted by molar-refractivity contribution is 0.314.